The molecule has 194 valence electrons. The summed E-state index contributed by atoms with van der Waals surface area (Å²) < 4.78 is 11.6. The molecule has 2 aromatic carbocycles. The first-order chi connectivity index (χ1) is 18.0. The second kappa shape index (κ2) is 11.5. The number of ether oxygens (including phenoxy) is 2. The molecule has 0 unspecified atom stereocenters. The molecule has 8 nitrogen and oxygen atoms in total. The highest BCUT2D eigenvalue weighted by atomic mass is 16.5. The third-order valence-electron chi connectivity index (χ3n) is 8.06. The fourth-order valence-corrected chi connectivity index (χ4v) is 4.84. The van der Waals surface area contributed by atoms with Gasteiger partial charge in [-0.3, -0.25) is 19.3 Å². The van der Waals surface area contributed by atoms with Crippen LogP contribution in [-0.4, -0.2) is 99.5 Å². The van der Waals surface area contributed by atoms with Crippen LogP contribution in [0.15, 0.2) is 42.5 Å². The summed E-state index contributed by atoms with van der Waals surface area (Å²) in [6.07, 6.45) is 0. The van der Waals surface area contributed by atoms with Crippen LogP contribution in [0, 0.1) is 0 Å². The van der Waals surface area contributed by atoms with Crippen LogP contribution in [0.1, 0.15) is 27.0 Å². The van der Waals surface area contributed by atoms with Crippen molar-refractivity contribution in [2.45, 2.75) is 30.1 Å². The Bertz CT molecular complexity index is 1200. The summed E-state index contributed by atoms with van der Waals surface area (Å²) in [5.74, 6) is -0.118. The number of nitrogens with zero attached hydrogens (tertiary/aromatic N) is 2. The van der Waals surface area contributed by atoms with Gasteiger partial charge >= 0.3 is 0 Å². The fraction of sp³-hybridized carbons (Fsp3) is 0.400. The summed E-state index contributed by atoms with van der Waals surface area (Å²) in [5, 5.41) is 0.936. The van der Waals surface area contributed by atoms with E-state index in [1.54, 1.807) is 20.6 Å². The van der Waals surface area contributed by atoms with Crippen molar-refractivity contribution >= 4 is 56.9 Å². The molecule has 1 fully saturated rings. The number of amides is 3. The quantitative estimate of drug-likeness (QED) is 0.382. The van der Waals surface area contributed by atoms with Gasteiger partial charge in [0.2, 0.25) is 13.8 Å². The van der Waals surface area contributed by atoms with Gasteiger partial charge < -0.3 is 19.7 Å². The molecule has 2 aliphatic heterocycles. The predicted molar refractivity (Wildman–Crippen MR) is 160 cm³/mol. The maximum absolute atomic E-state index is 13.3. The second-order valence-corrected chi connectivity index (χ2v) is 11.5. The molecule has 0 aromatic heterocycles. The molecule has 2 aromatic rings. The van der Waals surface area contributed by atoms with E-state index in [0.717, 1.165) is 44.0 Å². The lowest BCUT2D eigenvalue weighted by Crippen LogP contribution is -2.51. The lowest BCUT2D eigenvalue weighted by molar-refractivity contribution is -0.121. The maximum atomic E-state index is 13.3. The fourth-order valence-electron chi connectivity index (χ4n) is 4.84. The van der Waals surface area contributed by atoms with Crippen molar-refractivity contribution in [3.8, 4) is 5.75 Å². The first-order valence-corrected chi connectivity index (χ1v) is 13.2. The van der Waals surface area contributed by atoms with E-state index in [4.69, 9.17) is 9.47 Å². The highest BCUT2D eigenvalue weighted by molar-refractivity contribution is 6.64. The zero-order valence-electron chi connectivity index (χ0n) is 23.1. The van der Waals surface area contributed by atoms with Gasteiger partial charge in [0.1, 0.15) is 43.7 Å². The van der Waals surface area contributed by atoms with Crippen molar-refractivity contribution in [2.24, 2.45) is 0 Å². The normalized spacial score (nSPS) is 16.2. The Kier molecular flexibility index (Phi) is 8.47. The summed E-state index contributed by atoms with van der Waals surface area (Å²) in [6, 6.07) is 14.0. The molecule has 4 rings (SSSR count). The first-order valence-electron chi connectivity index (χ1n) is 13.2. The SMILES string of the molecule is BC(=O)NC(=O)C(B)(B)C(B)(B)CN1Cc2c(OCc3ccc(CN4CCOCC4)cc3)cccc2C1=O. The van der Waals surface area contributed by atoms with Gasteiger partial charge in [-0.05, 0) is 28.5 Å². The largest absolute Gasteiger partial charge is 0.489 e. The predicted octanol–water partition coefficient (Wildman–Crippen LogP) is -2.31. The summed E-state index contributed by atoms with van der Waals surface area (Å²) in [4.78, 5) is 41.6. The Morgan fingerprint density at radius 1 is 1.00 bits per heavy atom. The molecule has 2 aliphatic rings. The number of morpholine rings is 1. The Hall–Kier alpha value is -2.91. The van der Waals surface area contributed by atoms with Crippen LogP contribution < -0.4 is 10.1 Å². The third-order valence-corrected chi connectivity index (χ3v) is 8.06. The van der Waals surface area contributed by atoms with Crippen molar-refractivity contribution < 1.29 is 23.9 Å². The van der Waals surface area contributed by atoms with Crippen LogP contribution in [0.4, 0.5) is 4.79 Å². The number of rotatable bonds is 9. The Labute approximate surface area is 229 Å². The van der Waals surface area contributed by atoms with Gasteiger partial charge in [0.15, 0.2) is 5.81 Å². The number of fused-ring (bicyclic) bond motifs is 1. The molecule has 0 spiro atoms. The number of benzene rings is 2. The molecular weight excluding hydrogens is 476 g/mol. The molecule has 2 heterocycles. The Morgan fingerprint density at radius 2 is 1.66 bits per heavy atom. The smallest absolute Gasteiger partial charge is 0.254 e. The standard InChI is InChI=1S/C25H34B5N3O5/c26-23(36)31-22(35)25(29,30)24(27,28)15-33-13-19-18(21(33)34)2-1-3-20(19)38-14-17-6-4-16(5-7-17)12-32-8-10-37-11-9-32/h1-7H,8-15,26-30H2,(H,31,35,36). The van der Waals surface area contributed by atoms with Crippen LogP contribution >= 0.6 is 0 Å². The minimum Gasteiger partial charge on any atom is -0.489 e. The van der Waals surface area contributed by atoms with Gasteiger partial charge in [0.25, 0.3) is 5.91 Å². The number of imide groups is 1. The monoisotopic (exact) mass is 511 g/mol. The van der Waals surface area contributed by atoms with Crippen LogP contribution in [0.3, 0.4) is 0 Å². The molecule has 13 heteroatoms. The molecule has 38 heavy (non-hydrogen) atoms. The van der Waals surface area contributed by atoms with Gasteiger partial charge in [0, 0.05) is 37.3 Å². The van der Waals surface area contributed by atoms with E-state index in [-0.39, 0.29) is 11.8 Å². The number of nitrogens with one attached hydrogen (secondary N) is 1. The second-order valence-electron chi connectivity index (χ2n) is 11.5. The summed E-state index contributed by atoms with van der Waals surface area (Å²) in [5.41, 5.74) is 3.82. The van der Waals surface area contributed by atoms with E-state index in [1.165, 1.54) is 13.4 Å². The summed E-state index contributed by atoms with van der Waals surface area (Å²) in [6.45, 7) is 5.60. The molecule has 0 saturated carbocycles. The maximum Gasteiger partial charge on any atom is 0.254 e. The van der Waals surface area contributed by atoms with Gasteiger partial charge in [-0.1, -0.05) is 35.5 Å². The summed E-state index contributed by atoms with van der Waals surface area (Å²) >= 11 is 0. The molecule has 1 N–H and O–H groups in total. The van der Waals surface area contributed by atoms with Crippen molar-refractivity contribution in [2.75, 3.05) is 32.8 Å². The van der Waals surface area contributed by atoms with E-state index in [0.29, 0.717) is 31.0 Å². The lowest BCUT2D eigenvalue weighted by Gasteiger charge is -2.43. The molecule has 1 saturated heterocycles. The van der Waals surface area contributed by atoms with Gasteiger partial charge in [0.05, 0.1) is 19.8 Å². The highest BCUT2D eigenvalue weighted by Gasteiger charge is 2.45. The highest BCUT2D eigenvalue weighted by Crippen LogP contribution is 2.44. The average molecular weight is 511 g/mol. The number of hydrogen-bond donors (Lipinski definition) is 1. The minimum atomic E-state index is -0.874. The van der Waals surface area contributed by atoms with E-state index >= 15 is 0 Å². The van der Waals surface area contributed by atoms with Crippen molar-refractivity contribution in [1.29, 1.82) is 0 Å². The zero-order valence-corrected chi connectivity index (χ0v) is 23.1. The molecule has 0 bridgehead atoms. The van der Waals surface area contributed by atoms with Crippen LogP contribution in [-0.2, 0) is 29.2 Å². The van der Waals surface area contributed by atoms with Gasteiger partial charge in [-0.15, -0.1) is 0 Å². The third kappa shape index (κ3) is 6.21. The van der Waals surface area contributed by atoms with E-state index in [1.807, 2.05) is 33.9 Å². The van der Waals surface area contributed by atoms with Gasteiger partial charge in [-0.2, -0.15) is 0 Å². The number of hydrogen-bond acceptors (Lipinski definition) is 6. The minimum absolute atomic E-state index is 0.0752. The van der Waals surface area contributed by atoms with Crippen LogP contribution in [0.5, 0.6) is 5.75 Å². The van der Waals surface area contributed by atoms with Crippen molar-refractivity contribution in [3.63, 3.8) is 0 Å². The molecule has 3 amide bonds. The van der Waals surface area contributed by atoms with Crippen molar-refractivity contribution in [1.82, 2.24) is 15.1 Å². The summed E-state index contributed by atoms with van der Waals surface area (Å²) in [7, 11) is 8.83. The number of carbonyl (C=O) groups excluding carboxylic acids is 3. The number of carbonyl (C=O) groups is 3. The zero-order chi connectivity index (χ0) is 27.5. The molecular formula is C25H34B5N3O5. The lowest BCUT2D eigenvalue weighted by atomic mass is 9.29. The average Bonchev–Trinajstić information content (AvgIpc) is 3.18. The Morgan fingerprint density at radius 3 is 2.32 bits per heavy atom. The van der Waals surface area contributed by atoms with Gasteiger partial charge in [-0.25, -0.2) is 0 Å². The van der Waals surface area contributed by atoms with E-state index in [2.05, 4.69) is 34.5 Å². The Balaban J connectivity index is 1.39. The molecule has 0 atom stereocenters. The van der Waals surface area contributed by atoms with Crippen molar-refractivity contribution in [3.05, 3.63) is 64.7 Å². The first kappa shape index (κ1) is 28.1. The molecule has 0 radical (unpaired) electrons. The molecule has 0 aliphatic carbocycles. The van der Waals surface area contributed by atoms with Crippen LogP contribution in [0.25, 0.3) is 0 Å². The van der Waals surface area contributed by atoms with Crippen LogP contribution in [0.2, 0.25) is 10.4 Å². The van der Waals surface area contributed by atoms with E-state index < -0.39 is 16.2 Å². The van der Waals surface area contributed by atoms with E-state index in [9.17, 15) is 14.4 Å². The topological polar surface area (TPSA) is 88.2 Å².